The molecule has 1 aliphatic rings. The molecule has 9 heteroatoms. The van der Waals surface area contributed by atoms with Gasteiger partial charge < -0.3 is 20.1 Å². The SMILES string of the molecule is CN(CC1(O)CCOCC1)C(=O)Nc1ccc(C(F)(F)F)nc1. The lowest BCUT2D eigenvalue weighted by Gasteiger charge is -2.35. The first kappa shape index (κ1) is 17.5. The number of aromatic nitrogens is 1. The van der Waals surface area contributed by atoms with Gasteiger partial charge >= 0.3 is 12.2 Å². The first-order chi connectivity index (χ1) is 10.7. The summed E-state index contributed by atoms with van der Waals surface area (Å²) in [5.41, 5.74) is -1.89. The van der Waals surface area contributed by atoms with Crippen molar-refractivity contribution in [2.75, 3.05) is 32.1 Å². The highest BCUT2D eigenvalue weighted by Crippen LogP contribution is 2.28. The predicted molar refractivity (Wildman–Crippen MR) is 75.9 cm³/mol. The van der Waals surface area contributed by atoms with Gasteiger partial charge in [0, 0.05) is 33.1 Å². The Balaban J connectivity index is 1.93. The zero-order valence-electron chi connectivity index (χ0n) is 12.6. The van der Waals surface area contributed by atoms with Crippen LogP contribution >= 0.6 is 0 Å². The van der Waals surface area contributed by atoms with E-state index in [4.69, 9.17) is 4.74 Å². The van der Waals surface area contributed by atoms with Gasteiger partial charge in [-0.1, -0.05) is 0 Å². The van der Waals surface area contributed by atoms with Gasteiger partial charge in [0.2, 0.25) is 0 Å². The zero-order chi connectivity index (χ0) is 17.1. The minimum absolute atomic E-state index is 0.107. The summed E-state index contributed by atoms with van der Waals surface area (Å²) in [6.45, 7) is 0.958. The van der Waals surface area contributed by atoms with Gasteiger partial charge in [-0.3, -0.25) is 0 Å². The fourth-order valence-electron chi connectivity index (χ4n) is 2.28. The van der Waals surface area contributed by atoms with Gasteiger partial charge in [-0.2, -0.15) is 13.2 Å². The Hall–Kier alpha value is -1.87. The Bertz CT molecular complexity index is 542. The molecule has 0 spiro atoms. The summed E-state index contributed by atoms with van der Waals surface area (Å²) in [5.74, 6) is 0. The lowest BCUT2D eigenvalue weighted by atomic mass is 9.94. The van der Waals surface area contributed by atoms with Crippen LogP contribution in [0.2, 0.25) is 0 Å². The molecule has 2 rings (SSSR count). The molecular formula is C14H18F3N3O3. The van der Waals surface area contributed by atoms with Gasteiger partial charge in [0.05, 0.1) is 24.0 Å². The number of likely N-dealkylation sites (N-methyl/N-ethyl adjacent to an activating group) is 1. The number of aliphatic hydroxyl groups is 1. The topological polar surface area (TPSA) is 74.7 Å². The van der Waals surface area contributed by atoms with Crippen molar-refractivity contribution in [2.24, 2.45) is 0 Å². The number of carbonyl (C=O) groups is 1. The Kier molecular flexibility index (Phi) is 5.10. The Morgan fingerprint density at radius 1 is 1.43 bits per heavy atom. The highest BCUT2D eigenvalue weighted by atomic mass is 19.4. The quantitative estimate of drug-likeness (QED) is 0.888. The van der Waals surface area contributed by atoms with Crippen LogP contribution < -0.4 is 5.32 Å². The normalized spacial score (nSPS) is 17.6. The molecule has 0 radical (unpaired) electrons. The second-order valence-electron chi connectivity index (χ2n) is 5.55. The highest BCUT2D eigenvalue weighted by molar-refractivity contribution is 5.88. The molecule has 1 aromatic rings. The highest BCUT2D eigenvalue weighted by Gasteiger charge is 2.33. The number of nitrogens with zero attached hydrogens (tertiary/aromatic N) is 2. The summed E-state index contributed by atoms with van der Waals surface area (Å²) in [4.78, 5) is 16.6. The van der Waals surface area contributed by atoms with Gasteiger partial charge in [-0.05, 0) is 12.1 Å². The molecule has 6 nitrogen and oxygen atoms in total. The molecule has 0 bridgehead atoms. The number of hydrogen-bond acceptors (Lipinski definition) is 4. The third kappa shape index (κ3) is 4.80. The summed E-state index contributed by atoms with van der Waals surface area (Å²) >= 11 is 0. The molecule has 2 heterocycles. The molecule has 0 aliphatic carbocycles. The van der Waals surface area contributed by atoms with E-state index in [0.717, 1.165) is 18.3 Å². The maximum absolute atomic E-state index is 12.4. The number of carbonyl (C=O) groups excluding carboxylic acids is 1. The van der Waals surface area contributed by atoms with Crippen LogP contribution in [0.1, 0.15) is 18.5 Å². The lowest BCUT2D eigenvalue weighted by Crippen LogP contribution is -2.48. The number of rotatable bonds is 3. The molecular weight excluding hydrogens is 315 g/mol. The van der Waals surface area contributed by atoms with Gasteiger partial charge in [0.25, 0.3) is 0 Å². The van der Waals surface area contributed by atoms with Crippen molar-refractivity contribution in [1.29, 1.82) is 0 Å². The van der Waals surface area contributed by atoms with Crippen molar-refractivity contribution in [2.45, 2.75) is 24.6 Å². The van der Waals surface area contributed by atoms with E-state index in [9.17, 15) is 23.1 Å². The molecule has 0 unspecified atom stereocenters. The van der Waals surface area contributed by atoms with Crippen molar-refractivity contribution in [3.8, 4) is 0 Å². The third-order valence-corrected chi connectivity index (χ3v) is 3.61. The maximum atomic E-state index is 12.4. The van der Waals surface area contributed by atoms with Gasteiger partial charge in [-0.25, -0.2) is 9.78 Å². The summed E-state index contributed by atoms with van der Waals surface area (Å²) < 4.78 is 42.4. The monoisotopic (exact) mass is 333 g/mol. The van der Waals surface area contributed by atoms with Crippen molar-refractivity contribution in [3.05, 3.63) is 24.0 Å². The zero-order valence-corrected chi connectivity index (χ0v) is 12.6. The lowest BCUT2D eigenvalue weighted by molar-refractivity contribution is -0.141. The first-order valence-electron chi connectivity index (χ1n) is 7.05. The predicted octanol–water partition coefficient (Wildman–Crippen LogP) is 2.11. The van der Waals surface area contributed by atoms with E-state index in [0.29, 0.717) is 26.1 Å². The minimum atomic E-state index is -4.52. The van der Waals surface area contributed by atoms with Crippen LogP contribution in [0.15, 0.2) is 18.3 Å². The Morgan fingerprint density at radius 3 is 2.61 bits per heavy atom. The van der Waals surface area contributed by atoms with Crippen molar-refractivity contribution in [1.82, 2.24) is 9.88 Å². The molecule has 1 aromatic heterocycles. The van der Waals surface area contributed by atoms with E-state index >= 15 is 0 Å². The average molecular weight is 333 g/mol. The number of hydrogen-bond donors (Lipinski definition) is 2. The molecule has 2 N–H and O–H groups in total. The van der Waals surface area contributed by atoms with Crippen LogP contribution in [0.4, 0.5) is 23.7 Å². The van der Waals surface area contributed by atoms with E-state index in [-0.39, 0.29) is 12.2 Å². The number of urea groups is 1. The largest absolute Gasteiger partial charge is 0.433 e. The van der Waals surface area contributed by atoms with Crippen molar-refractivity contribution >= 4 is 11.7 Å². The number of pyridine rings is 1. The molecule has 1 saturated heterocycles. The second kappa shape index (κ2) is 6.71. The van der Waals surface area contributed by atoms with E-state index < -0.39 is 23.5 Å². The van der Waals surface area contributed by atoms with Crippen LogP contribution in [0.25, 0.3) is 0 Å². The smallest absolute Gasteiger partial charge is 0.388 e. The van der Waals surface area contributed by atoms with Gasteiger partial charge in [0.15, 0.2) is 0 Å². The number of halogens is 3. The van der Waals surface area contributed by atoms with Crippen LogP contribution in [0, 0.1) is 0 Å². The molecule has 1 aliphatic heterocycles. The fourth-order valence-corrected chi connectivity index (χ4v) is 2.28. The standard InChI is InChI=1S/C14H18F3N3O3/c1-20(9-13(22)4-6-23-7-5-13)12(21)19-10-2-3-11(18-8-10)14(15,16)17/h2-3,8,22H,4-7,9H2,1H3,(H,19,21). The van der Waals surface area contributed by atoms with Gasteiger partial charge in [0.1, 0.15) is 5.69 Å². The number of ether oxygens (including phenoxy) is 1. The second-order valence-corrected chi connectivity index (χ2v) is 5.55. The minimum Gasteiger partial charge on any atom is -0.388 e. The van der Waals surface area contributed by atoms with Crippen molar-refractivity contribution < 1.29 is 27.8 Å². The summed E-state index contributed by atoms with van der Waals surface area (Å²) in [7, 11) is 1.50. The first-order valence-corrected chi connectivity index (χ1v) is 7.05. The molecule has 0 aromatic carbocycles. The Labute approximate surface area is 131 Å². The molecule has 0 saturated carbocycles. The van der Waals surface area contributed by atoms with Crippen LogP contribution in [0.5, 0.6) is 0 Å². The molecule has 0 atom stereocenters. The van der Waals surface area contributed by atoms with Gasteiger partial charge in [-0.15, -0.1) is 0 Å². The summed E-state index contributed by atoms with van der Waals surface area (Å²) in [6.07, 6.45) is -2.73. The van der Waals surface area contributed by atoms with Crippen molar-refractivity contribution in [3.63, 3.8) is 0 Å². The summed E-state index contributed by atoms with van der Waals surface area (Å²) in [6, 6.07) is 1.39. The molecule has 2 amide bonds. The number of amides is 2. The average Bonchev–Trinajstić information content (AvgIpc) is 2.47. The van der Waals surface area contributed by atoms with Crippen LogP contribution in [0.3, 0.4) is 0 Å². The Morgan fingerprint density at radius 2 is 2.09 bits per heavy atom. The maximum Gasteiger partial charge on any atom is 0.433 e. The number of anilines is 1. The fraction of sp³-hybridized carbons (Fsp3) is 0.571. The number of nitrogens with one attached hydrogen (secondary N) is 1. The number of alkyl halides is 3. The van der Waals surface area contributed by atoms with E-state index in [1.807, 2.05) is 0 Å². The molecule has 1 fully saturated rings. The van der Waals surface area contributed by atoms with Crippen LogP contribution in [-0.4, -0.2) is 53.4 Å². The summed E-state index contributed by atoms with van der Waals surface area (Å²) in [5, 5.41) is 12.8. The van der Waals surface area contributed by atoms with E-state index in [2.05, 4.69) is 10.3 Å². The third-order valence-electron chi connectivity index (χ3n) is 3.61. The molecule has 23 heavy (non-hydrogen) atoms. The van der Waals surface area contributed by atoms with E-state index in [1.54, 1.807) is 0 Å². The van der Waals surface area contributed by atoms with E-state index in [1.165, 1.54) is 11.9 Å². The van der Waals surface area contributed by atoms with Crippen LogP contribution in [-0.2, 0) is 10.9 Å². The molecule has 128 valence electrons.